The summed E-state index contributed by atoms with van der Waals surface area (Å²) in [5.41, 5.74) is 1.60. The van der Waals surface area contributed by atoms with Gasteiger partial charge in [0.2, 0.25) is 0 Å². The number of rotatable bonds is 4. The quantitative estimate of drug-likeness (QED) is 0.562. The van der Waals surface area contributed by atoms with Crippen LogP contribution in [0.3, 0.4) is 0 Å². The van der Waals surface area contributed by atoms with E-state index in [0.717, 1.165) is 6.42 Å². The van der Waals surface area contributed by atoms with Gasteiger partial charge in [0.25, 0.3) is 5.91 Å². The Morgan fingerprint density at radius 3 is 2.66 bits per heavy atom. The van der Waals surface area contributed by atoms with Crippen LogP contribution in [0.15, 0.2) is 54.6 Å². The fourth-order valence-electron chi connectivity index (χ4n) is 4.14. The highest BCUT2D eigenvalue weighted by molar-refractivity contribution is 6.30. The lowest BCUT2D eigenvalue weighted by atomic mass is 10.1. The molecule has 3 aromatic rings. The van der Waals surface area contributed by atoms with Crippen molar-refractivity contribution in [1.29, 1.82) is 0 Å². The first-order valence-corrected chi connectivity index (χ1v) is 10.3. The second kappa shape index (κ2) is 7.83. The van der Waals surface area contributed by atoms with E-state index in [0.29, 0.717) is 35.1 Å². The molecule has 1 amide bonds. The van der Waals surface area contributed by atoms with Gasteiger partial charge in [-0.3, -0.25) is 4.79 Å². The Morgan fingerprint density at radius 2 is 1.97 bits per heavy atom. The number of morpholine rings is 1. The Hall–Kier alpha value is -3.04. The molecule has 2 aliphatic rings. The molecular weight excluding hydrogens is 447 g/mol. The van der Waals surface area contributed by atoms with Gasteiger partial charge in [-0.15, -0.1) is 13.2 Å². The summed E-state index contributed by atoms with van der Waals surface area (Å²) in [6.45, 7) is 0.993. The highest BCUT2D eigenvalue weighted by Gasteiger charge is 2.42. The van der Waals surface area contributed by atoms with Crippen molar-refractivity contribution in [3.05, 3.63) is 65.3 Å². The van der Waals surface area contributed by atoms with Crippen molar-refractivity contribution in [3.63, 3.8) is 0 Å². The Labute approximate surface area is 186 Å². The lowest BCUT2D eigenvalue weighted by molar-refractivity contribution is -0.274. The van der Waals surface area contributed by atoms with Gasteiger partial charge in [0, 0.05) is 17.1 Å². The molecule has 2 fully saturated rings. The molecule has 2 saturated heterocycles. The number of alkyl halides is 3. The summed E-state index contributed by atoms with van der Waals surface area (Å²) in [6.07, 6.45) is -3.98. The molecule has 3 heterocycles. The Bertz CT molecular complexity index is 1180. The number of hydrogen-bond acceptors (Lipinski definition) is 4. The van der Waals surface area contributed by atoms with Crippen LogP contribution in [0.2, 0.25) is 5.02 Å². The number of benzene rings is 2. The summed E-state index contributed by atoms with van der Waals surface area (Å²) >= 11 is 6.13. The molecule has 0 aliphatic carbocycles. The van der Waals surface area contributed by atoms with E-state index >= 15 is 0 Å². The van der Waals surface area contributed by atoms with E-state index < -0.39 is 6.36 Å². The number of carbonyl (C=O) groups excluding carboxylic acids is 1. The highest BCUT2D eigenvalue weighted by Crippen LogP contribution is 2.33. The maximum Gasteiger partial charge on any atom is 0.573 e. The van der Waals surface area contributed by atoms with E-state index in [1.807, 2.05) is 0 Å². The highest BCUT2D eigenvalue weighted by atomic mass is 35.5. The average molecular weight is 464 g/mol. The van der Waals surface area contributed by atoms with E-state index in [2.05, 4.69) is 9.84 Å². The van der Waals surface area contributed by atoms with Gasteiger partial charge >= 0.3 is 6.36 Å². The largest absolute Gasteiger partial charge is 0.573 e. The van der Waals surface area contributed by atoms with E-state index in [1.165, 1.54) is 22.9 Å². The fourth-order valence-corrected chi connectivity index (χ4v) is 4.33. The Morgan fingerprint density at radius 1 is 1.16 bits per heavy atom. The van der Waals surface area contributed by atoms with Gasteiger partial charge in [-0.1, -0.05) is 29.8 Å². The molecule has 5 rings (SSSR count). The molecule has 1 aromatic heterocycles. The zero-order valence-corrected chi connectivity index (χ0v) is 17.3. The van der Waals surface area contributed by atoms with Gasteiger partial charge in [0.05, 0.1) is 30.1 Å². The molecule has 0 N–H and O–H groups in total. The SMILES string of the molecule is O=C(c1cc(-c2cccc(OC(F)(F)F)c2)n(-c2cccc(Cl)c2)n1)N1C[C@@H]2C[C@H]1CO2. The average Bonchev–Trinajstić information content (AvgIpc) is 3.48. The predicted octanol–water partition coefficient (Wildman–Crippen LogP) is 4.70. The first-order chi connectivity index (χ1) is 15.3. The van der Waals surface area contributed by atoms with Gasteiger partial charge in [-0.05, 0) is 42.8 Å². The van der Waals surface area contributed by atoms with Crippen molar-refractivity contribution in [3.8, 4) is 22.7 Å². The maximum absolute atomic E-state index is 13.2. The maximum atomic E-state index is 13.2. The van der Waals surface area contributed by atoms with Gasteiger partial charge in [0.1, 0.15) is 5.75 Å². The number of ether oxygens (including phenoxy) is 2. The van der Waals surface area contributed by atoms with Crippen LogP contribution in [-0.2, 0) is 4.74 Å². The monoisotopic (exact) mass is 463 g/mol. The van der Waals surface area contributed by atoms with Crippen LogP contribution >= 0.6 is 11.6 Å². The van der Waals surface area contributed by atoms with E-state index in [1.54, 1.807) is 41.3 Å². The van der Waals surface area contributed by atoms with Gasteiger partial charge in [-0.25, -0.2) is 4.68 Å². The standard InChI is InChI=1S/C22H17ClF3N3O3/c23-14-4-2-5-15(8-14)29-20(13-3-1-6-17(7-13)32-22(24,25)26)10-19(27-29)21(30)28-11-18-9-16(28)12-31-18/h1-8,10,16,18H,9,11-12H2/t16-,18-/m0/s1. The molecule has 2 aliphatic heterocycles. The Kier molecular flexibility index (Phi) is 5.10. The predicted molar refractivity (Wildman–Crippen MR) is 110 cm³/mol. The molecule has 0 radical (unpaired) electrons. The molecule has 2 aromatic carbocycles. The van der Waals surface area contributed by atoms with Crippen molar-refractivity contribution in [2.45, 2.75) is 24.9 Å². The molecular formula is C22H17ClF3N3O3. The summed E-state index contributed by atoms with van der Waals surface area (Å²) in [5, 5.41) is 4.95. The van der Waals surface area contributed by atoms with Crippen molar-refractivity contribution in [2.24, 2.45) is 0 Å². The first-order valence-electron chi connectivity index (χ1n) is 9.91. The number of aromatic nitrogens is 2. The minimum atomic E-state index is -4.82. The zero-order chi connectivity index (χ0) is 22.5. The minimum absolute atomic E-state index is 0.00998. The molecule has 2 bridgehead atoms. The minimum Gasteiger partial charge on any atom is -0.406 e. The van der Waals surface area contributed by atoms with Crippen LogP contribution in [0.5, 0.6) is 5.75 Å². The third-order valence-electron chi connectivity index (χ3n) is 5.51. The molecule has 10 heteroatoms. The molecule has 0 saturated carbocycles. The third-order valence-corrected chi connectivity index (χ3v) is 5.74. The number of fused-ring (bicyclic) bond motifs is 2. The smallest absolute Gasteiger partial charge is 0.406 e. The normalized spacial score (nSPS) is 20.1. The third kappa shape index (κ3) is 4.05. The summed E-state index contributed by atoms with van der Waals surface area (Å²) in [5.74, 6) is -0.610. The van der Waals surface area contributed by atoms with Crippen LogP contribution in [0.1, 0.15) is 16.9 Å². The topological polar surface area (TPSA) is 56.6 Å². The first kappa shape index (κ1) is 20.8. The number of likely N-dealkylation sites (tertiary alicyclic amines) is 1. The second-order valence-corrected chi connectivity index (χ2v) is 8.12. The van der Waals surface area contributed by atoms with Gasteiger partial charge < -0.3 is 14.4 Å². The van der Waals surface area contributed by atoms with E-state index in [4.69, 9.17) is 16.3 Å². The number of carbonyl (C=O) groups is 1. The molecule has 166 valence electrons. The Balaban J connectivity index is 1.57. The fraction of sp³-hybridized carbons (Fsp3) is 0.273. The van der Waals surface area contributed by atoms with Crippen molar-refractivity contribution in [1.82, 2.24) is 14.7 Å². The molecule has 2 atom stereocenters. The van der Waals surface area contributed by atoms with Crippen LogP contribution in [0.25, 0.3) is 16.9 Å². The van der Waals surface area contributed by atoms with Crippen LogP contribution in [0, 0.1) is 0 Å². The molecule has 0 unspecified atom stereocenters. The van der Waals surface area contributed by atoms with E-state index in [9.17, 15) is 18.0 Å². The van der Waals surface area contributed by atoms with Gasteiger partial charge in [0.15, 0.2) is 5.69 Å². The van der Waals surface area contributed by atoms with Crippen LogP contribution < -0.4 is 4.74 Å². The lowest BCUT2D eigenvalue weighted by Gasteiger charge is -2.25. The van der Waals surface area contributed by atoms with Crippen molar-refractivity contribution < 1.29 is 27.4 Å². The van der Waals surface area contributed by atoms with Crippen molar-refractivity contribution >= 4 is 17.5 Å². The molecule has 0 spiro atoms. The number of halogens is 4. The van der Waals surface area contributed by atoms with Crippen LogP contribution in [-0.4, -0.2) is 52.2 Å². The summed E-state index contributed by atoms with van der Waals surface area (Å²) < 4.78 is 49.2. The van der Waals surface area contributed by atoms with E-state index in [-0.39, 0.29) is 29.5 Å². The second-order valence-electron chi connectivity index (χ2n) is 7.68. The van der Waals surface area contributed by atoms with Gasteiger partial charge in [-0.2, -0.15) is 5.10 Å². The molecule has 32 heavy (non-hydrogen) atoms. The number of hydrogen-bond donors (Lipinski definition) is 0. The number of amides is 1. The lowest BCUT2D eigenvalue weighted by Crippen LogP contribution is -2.41. The van der Waals surface area contributed by atoms with Crippen LogP contribution in [0.4, 0.5) is 13.2 Å². The summed E-state index contributed by atoms with van der Waals surface area (Å²) in [6, 6.07) is 14.0. The number of nitrogens with zero attached hydrogens (tertiary/aromatic N) is 3. The summed E-state index contributed by atoms with van der Waals surface area (Å²) in [4.78, 5) is 14.9. The van der Waals surface area contributed by atoms with Crippen molar-refractivity contribution in [2.75, 3.05) is 13.2 Å². The summed E-state index contributed by atoms with van der Waals surface area (Å²) in [7, 11) is 0. The molecule has 6 nitrogen and oxygen atoms in total. The zero-order valence-electron chi connectivity index (χ0n) is 16.6.